The van der Waals surface area contributed by atoms with Crippen molar-refractivity contribution in [2.24, 2.45) is 0 Å². The van der Waals surface area contributed by atoms with Gasteiger partial charge in [-0.05, 0) is 36.4 Å². The van der Waals surface area contributed by atoms with Crippen LogP contribution in [0.1, 0.15) is 26.5 Å². The number of hydrogen-bond donors (Lipinski definition) is 1. The minimum atomic E-state index is -0.0463. The van der Waals surface area contributed by atoms with Crippen molar-refractivity contribution in [3.63, 3.8) is 0 Å². The summed E-state index contributed by atoms with van der Waals surface area (Å²) in [5.74, 6) is 1.91. The van der Waals surface area contributed by atoms with Gasteiger partial charge in [0.15, 0.2) is 5.82 Å². The van der Waals surface area contributed by atoms with Gasteiger partial charge in [0.1, 0.15) is 5.82 Å². The van der Waals surface area contributed by atoms with Crippen LogP contribution >= 0.6 is 11.6 Å². The Balaban J connectivity index is 1.66. The van der Waals surface area contributed by atoms with Gasteiger partial charge in [0, 0.05) is 34.0 Å². The lowest BCUT2D eigenvalue weighted by Gasteiger charge is -2.16. The molecule has 0 radical (unpaired) electrons. The van der Waals surface area contributed by atoms with Crippen LogP contribution in [0.5, 0.6) is 0 Å². The van der Waals surface area contributed by atoms with Crippen molar-refractivity contribution >= 4 is 34.1 Å². The lowest BCUT2D eigenvalue weighted by Crippen LogP contribution is -2.14. The number of aromatic nitrogens is 6. The summed E-state index contributed by atoms with van der Waals surface area (Å²) in [6.07, 6.45) is 0. The monoisotopic (exact) mass is 443 g/mol. The summed E-state index contributed by atoms with van der Waals surface area (Å²) in [7, 11) is 1.83. The van der Waals surface area contributed by atoms with Crippen LogP contribution < -0.4 is 5.32 Å². The Labute approximate surface area is 190 Å². The molecule has 3 aromatic heterocycles. The first-order chi connectivity index (χ1) is 15.3. The third kappa shape index (κ3) is 3.44. The standard InChI is InChI=1S/C24H22ClN7/c1-24(2,3)20-11-10-18(28-29-20)14-6-5-7-15(12-14)22-30-31-23-27-21(26-4)17-9-8-16(25)13-19(17)32(22)23/h5-13H,1-4H3,(H,26,27,31). The maximum Gasteiger partial charge on any atom is 0.257 e. The number of hydrogen-bond acceptors (Lipinski definition) is 6. The number of anilines is 1. The molecule has 0 amide bonds. The summed E-state index contributed by atoms with van der Waals surface area (Å²) in [4.78, 5) is 4.62. The first-order valence-corrected chi connectivity index (χ1v) is 10.7. The minimum Gasteiger partial charge on any atom is -0.372 e. The lowest BCUT2D eigenvalue weighted by molar-refractivity contribution is 0.559. The topological polar surface area (TPSA) is 80.9 Å². The van der Waals surface area contributed by atoms with Crippen molar-refractivity contribution in [1.29, 1.82) is 0 Å². The molecule has 8 heteroatoms. The average molecular weight is 444 g/mol. The van der Waals surface area contributed by atoms with Crippen molar-refractivity contribution in [2.45, 2.75) is 26.2 Å². The van der Waals surface area contributed by atoms with Crippen LogP contribution in [0.25, 0.3) is 39.3 Å². The zero-order valence-electron chi connectivity index (χ0n) is 18.3. The quantitative estimate of drug-likeness (QED) is 0.402. The van der Waals surface area contributed by atoms with Gasteiger partial charge in [-0.2, -0.15) is 15.2 Å². The molecular formula is C24H22ClN7. The van der Waals surface area contributed by atoms with E-state index in [1.165, 1.54) is 0 Å². The van der Waals surface area contributed by atoms with Crippen LogP contribution in [0.2, 0.25) is 5.02 Å². The van der Waals surface area contributed by atoms with Crippen LogP contribution in [-0.4, -0.2) is 36.8 Å². The Kier molecular flexibility index (Phi) is 4.78. The third-order valence-corrected chi connectivity index (χ3v) is 5.63. The summed E-state index contributed by atoms with van der Waals surface area (Å²) in [6.45, 7) is 6.37. The molecule has 5 aromatic rings. The average Bonchev–Trinajstić information content (AvgIpc) is 3.22. The largest absolute Gasteiger partial charge is 0.372 e. The predicted octanol–water partition coefficient (Wildman–Crippen LogP) is 5.39. The van der Waals surface area contributed by atoms with Gasteiger partial charge < -0.3 is 5.32 Å². The highest BCUT2D eigenvalue weighted by Crippen LogP contribution is 2.30. The van der Waals surface area contributed by atoms with Gasteiger partial charge in [0.25, 0.3) is 5.78 Å². The van der Waals surface area contributed by atoms with Gasteiger partial charge in [-0.3, -0.25) is 4.40 Å². The van der Waals surface area contributed by atoms with Crippen molar-refractivity contribution in [3.8, 4) is 22.6 Å². The van der Waals surface area contributed by atoms with Gasteiger partial charge in [0.05, 0.1) is 16.9 Å². The molecule has 5 rings (SSSR count). The Bertz CT molecular complexity index is 1450. The zero-order valence-corrected chi connectivity index (χ0v) is 19.0. The van der Waals surface area contributed by atoms with E-state index in [1.807, 2.05) is 66.0 Å². The number of nitrogens with one attached hydrogen (secondary N) is 1. The molecule has 0 unspecified atom stereocenters. The molecule has 7 nitrogen and oxygen atoms in total. The van der Waals surface area contributed by atoms with E-state index in [9.17, 15) is 0 Å². The fourth-order valence-electron chi connectivity index (χ4n) is 3.70. The second-order valence-corrected chi connectivity index (χ2v) is 9.10. The van der Waals surface area contributed by atoms with E-state index in [2.05, 4.69) is 51.5 Å². The molecule has 160 valence electrons. The zero-order chi connectivity index (χ0) is 22.5. The van der Waals surface area contributed by atoms with Crippen LogP contribution in [-0.2, 0) is 5.41 Å². The SMILES string of the molecule is CNc1nc2nnc(-c3cccc(-c4ccc(C(C)(C)C)nn4)c3)n2c2cc(Cl)ccc12. The van der Waals surface area contributed by atoms with Gasteiger partial charge in [-0.15, -0.1) is 10.2 Å². The number of nitrogens with zero attached hydrogens (tertiary/aromatic N) is 6. The summed E-state index contributed by atoms with van der Waals surface area (Å²) in [6, 6.07) is 17.8. The fourth-order valence-corrected chi connectivity index (χ4v) is 3.87. The minimum absolute atomic E-state index is 0.0463. The van der Waals surface area contributed by atoms with Crippen molar-refractivity contribution in [2.75, 3.05) is 12.4 Å². The summed E-state index contributed by atoms with van der Waals surface area (Å²) in [5, 5.41) is 22.3. The molecule has 0 bridgehead atoms. The summed E-state index contributed by atoms with van der Waals surface area (Å²) in [5.41, 5.74) is 4.45. The first-order valence-electron chi connectivity index (χ1n) is 10.3. The molecule has 0 saturated carbocycles. The Hall–Kier alpha value is -3.58. The highest BCUT2D eigenvalue weighted by atomic mass is 35.5. The molecule has 2 aromatic carbocycles. The second kappa shape index (κ2) is 7.53. The number of benzene rings is 2. The van der Waals surface area contributed by atoms with Crippen molar-refractivity contribution in [1.82, 2.24) is 29.8 Å². The van der Waals surface area contributed by atoms with Gasteiger partial charge >= 0.3 is 0 Å². The van der Waals surface area contributed by atoms with E-state index in [0.717, 1.165) is 39.2 Å². The number of rotatable bonds is 3. The Morgan fingerprint density at radius 1 is 0.875 bits per heavy atom. The van der Waals surface area contributed by atoms with E-state index < -0.39 is 0 Å². The maximum atomic E-state index is 6.32. The van der Waals surface area contributed by atoms with E-state index in [4.69, 9.17) is 11.6 Å². The normalized spacial score (nSPS) is 11.9. The van der Waals surface area contributed by atoms with Crippen LogP contribution in [0.4, 0.5) is 5.82 Å². The van der Waals surface area contributed by atoms with Crippen molar-refractivity contribution in [3.05, 3.63) is 65.3 Å². The second-order valence-electron chi connectivity index (χ2n) is 8.67. The lowest BCUT2D eigenvalue weighted by atomic mass is 9.92. The van der Waals surface area contributed by atoms with Gasteiger partial charge in [-0.25, -0.2) is 0 Å². The number of halogens is 1. The van der Waals surface area contributed by atoms with Gasteiger partial charge in [-0.1, -0.05) is 50.6 Å². The highest BCUT2D eigenvalue weighted by molar-refractivity contribution is 6.31. The molecule has 0 aliphatic heterocycles. The molecule has 1 N–H and O–H groups in total. The molecule has 0 aliphatic carbocycles. The molecule has 32 heavy (non-hydrogen) atoms. The molecule has 3 heterocycles. The molecule has 0 spiro atoms. The van der Waals surface area contributed by atoms with Gasteiger partial charge in [0.2, 0.25) is 0 Å². The smallest absolute Gasteiger partial charge is 0.257 e. The molecule has 0 saturated heterocycles. The summed E-state index contributed by atoms with van der Waals surface area (Å²) < 4.78 is 1.93. The molecule has 0 atom stereocenters. The first kappa shape index (κ1) is 20.3. The van der Waals surface area contributed by atoms with Crippen LogP contribution in [0.3, 0.4) is 0 Å². The Morgan fingerprint density at radius 3 is 2.41 bits per heavy atom. The highest BCUT2D eigenvalue weighted by Gasteiger charge is 2.18. The third-order valence-electron chi connectivity index (χ3n) is 5.40. The molecule has 0 aliphatic rings. The number of fused-ring (bicyclic) bond motifs is 3. The maximum absolute atomic E-state index is 6.32. The molecule has 0 fully saturated rings. The van der Waals surface area contributed by atoms with E-state index in [0.29, 0.717) is 16.6 Å². The summed E-state index contributed by atoms with van der Waals surface area (Å²) >= 11 is 6.32. The van der Waals surface area contributed by atoms with Crippen LogP contribution in [0.15, 0.2) is 54.6 Å². The fraction of sp³-hybridized carbons (Fsp3) is 0.208. The van der Waals surface area contributed by atoms with E-state index in [1.54, 1.807) is 0 Å². The van der Waals surface area contributed by atoms with E-state index >= 15 is 0 Å². The van der Waals surface area contributed by atoms with E-state index in [-0.39, 0.29) is 5.41 Å². The van der Waals surface area contributed by atoms with Crippen molar-refractivity contribution < 1.29 is 0 Å². The van der Waals surface area contributed by atoms with Crippen LogP contribution in [0, 0.1) is 0 Å². The molecular weight excluding hydrogens is 422 g/mol. The predicted molar refractivity (Wildman–Crippen MR) is 128 cm³/mol. The Morgan fingerprint density at radius 2 is 1.69 bits per heavy atom.